The second kappa shape index (κ2) is 7.45. The molecule has 2 aliphatic rings. The summed E-state index contributed by atoms with van der Waals surface area (Å²) in [6.07, 6.45) is 8.46. The van der Waals surface area contributed by atoms with Crippen molar-refractivity contribution in [3.05, 3.63) is 12.0 Å². The fraction of sp³-hybridized carbons (Fsp3) is 0.733. The van der Waals surface area contributed by atoms with Gasteiger partial charge in [-0.05, 0) is 46.7 Å². The van der Waals surface area contributed by atoms with Crippen molar-refractivity contribution in [2.45, 2.75) is 50.9 Å². The van der Waals surface area contributed by atoms with Crippen LogP contribution in [0.4, 0.5) is 0 Å². The maximum atomic E-state index is 5.06. The van der Waals surface area contributed by atoms with Gasteiger partial charge in [-0.1, -0.05) is 0 Å². The third kappa shape index (κ3) is 4.46. The van der Waals surface area contributed by atoms with E-state index in [1.54, 1.807) is 13.3 Å². The molecule has 0 saturated heterocycles. The molecule has 1 fully saturated rings. The maximum absolute atomic E-state index is 5.06. The molecular formula is C15H27N5O. The molecule has 118 valence electrons. The van der Waals surface area contributed by atoms with E-state index in [0.29, 0.717) is 18.0 Å². The first-order valence-electron chi connectivity index (χ1n) is 7.64. The predicted molar refractivity (Wildman–Crippen MR) is 86.5 cm³/mol. The lowest BCUT2D eigenvalue weighted by molar-refractivity contribution is 0.211. The van der Waals surface area contributed by atoms with Crippen LogP contribution in [0.2, 0.25) is 0 Å². The van der Waals surface area contributed by atoms with Gasteiger partial charge in [0.25, 0.3) is 0 Å². The molecule has 6 heteroatoms. The third-order valence-corrected chi connectivity index (χ3v) is 4.09. The molecule has 0 radical (unpaired) electrons. The number of aliphatic imine (C=N–C) groups is 2. The van der Waals surface area contributed by atoms with E-state index in [4.69, 9.17) is 4.74 Å². The minimum Gasteiger partial charge on any atom is -0.483 e. The number of ether oxygens (including phenoxy) is 1. The number of nitrogens with one attached hydrogen (secondary N) is 2. The summed E-state index contributed by atoms with van der Waals surface area (Å²) in [5, 5.41) is 6.58. The first kappa shape index (κ1) is 15.8. The quantitative estimate of drug-likeness (QED) is 0.606. The molecule has 21 heavy (non-hydrogen) atoms. The van der Waals surface area contributed by atoms with Crippen LogP contribution < -0.4 is 10.6 Å². The molecule has 1 aliphatic heterocycles. The van der Waals surface area contributed by atoms with Crippen LogP contribution >= 0.6 is 0 Å². The van der Waals surface area contributed by atoms with Crippen molar-refractivity contribution in [2.24, 2.45) is 9.98 Å². The molecule has 6 nitrogen and oxygen atoms in total. The van der Waals surface area contributed by atoms with Gasteiger partial charge in [-0.3, -0.25) is 0 Å². The van der Waals surface area contributed by atoms with Crippen molar-refractivity contribution in [2.75, 3.05) is 21.2 Å². The van der Waals surface area contributed by atoms with Crippen LogP contribution in [-0.2, 0) is 4.74 Å². The summed E-state index contributed by atoms with van der Waals surface area (Å²) in [4.78, 5) is 11.2. The van der Waals surface area contributed by atoms with Gasteiger partial charge >= 0.3 is 0 Å². The number of hydrogen-bond acceptors (Lipinski definition) is 4. The van der Waals surface area contributed by atoms with Gasteiger partial charge in [-0.2, -0.15) is 0 Å². The van der Waals surface area contributed by atoms with Gasteiger partial charge < -0.3 is 20.3 Å². The van der Waals surface area contributed by atoms with Gasteiger partial charge in [0, 0.05) is 24.4 Å². The molecule has 1 aliphatic carbocycles. The Morgan fingerprint density at radius 2 is 2.05 bits per heavy atom. The van der Waals surface area contributed by atoms with E-state index in [1.807, 2.05) is 13.0 Å². The van der Waals surface area contributed by atoms with Gasteiger partial charge in [-0.25, -0.2) is 9.98 Å². The average Bonchev–Trinajstić information content (AvgIpc) is 2.43. The zero-order valence-corrected chi connectivity index (χ0v) is 13.5. The van der Waals surface area contributed by atoms with E-state index in [0.717, 1.165) is 5.88 Å². The summed E-state index contributed by atoms with van der Waals surface area (Å²) in [6.45, 7) is 1.91. The molecule has 0 aromatic carbocycles. The molecule has 0 spiro atoms. The third-order valence-electron chi connectivity index (χ3n) is 4.09. The van der Waals surface area contributed by atoms with E-state index < -0.39 is 0 Å². The Balaban J connectivity index is 1.87. The smallest absolute Gasteiger partial charge is 0.220 e. The number of nitrogens with zero attached hydrogens (tertiary/aromatic N) is 3. The lowest BCUT2D eigenvalue weighted by Gasteiger charge is -2.33. The molecule has 1 saturated carbocycles. The molecular weight excluding hydrogens is 266 g/mol. The van der Waals surface area contributed by atoms with E-state index in [-0.39, 0.29) is 6.17 Å². The molecule has 1 heterocycles. The molecule has 0 amide bonds. The van der Waals surface area contributed by atoms with Crippen molar-refractivity contribution in [3.63, 3.8) is 0 Å². The van der Waals surface area contributed by atoms with E-state index in [9.17, 15) is 0 Å². The van der Waals surface area contributed by atoms with Crippen molar-refractivity contribution in [3.8, 4) is 0 Å². The minimum atomic E-state index is -0.0377. The zero-order valence-electron chi connectivity index (χ0n) is 13.5. The number of methoxy groups -OCH3 is 1. The summed E-state index contributed by atoms with van der Waals surface area (Å²) >= 11 is 0. The Hall–Kier alpha value is -1.56. The van der Waals surface area contributed by atoms with Crippen LogP contribution in [0.1, 0.15) is 32.6 Å². The van der Waals surface area contributed by atoms with Crippen molar-refractivity contribution in [1.82, 2.24) is 15.5 Å². The highest BCUT2D eigenvalue weighted by Gasteiger charge is 2.24. The van der Waals surface area contributed by atoms with Crippen LogP contribution in [0.15, 0.2) is 21.9 Å². The largest absolute Gasteiger partial charge is 0.483 e. The van der Waals surface area contributed by atoms with Crippen LogP contribution in [0.25, 0.3) is 0 Å². The Kier molecular flexibility index (Phi) is 5.61. The Morgan fingerprint density at radius 3 is 2.57 bits per heavy atom. The SMILES string of the molecule is C/C=N\C(=N/C1C=C(OC)N1)NC1CCC(N(C)C)CC1. The molecule has 1 atom stereocenters. The highest BCUT2D eigenvalue weighted by atomic mass is 16.5. The van der Waals surface area contributed by atoms with E-state index >= 15 is 0 Å². The van der Waals surface area contributed by atoms with E-state index in [1.165, 1.54) is 25.7 Å². The van der Waals surface area contributed by atoms with Crippen LogP contribution in [0.5, 0.6) is 0 Å². The van der Waals surface area contributed by atoms with Gasteiger partial charge in [0.05, 0.1) is 7.11 Å². The molecule has 2 N–H and O–H groups in total. The number of guanidine groups is 1. The van der Waals surface area contributed by atoms with E-state index in [2.05, 4.69) is 39.6 Å². The molecule has 2 rings (SSSR count). The van der Waals surface area contributed by atoms with Crippen LogP contribution in [-0.4, -0.2) is 56.5 Å². The zero-order chi connectivity index (χ0) is 15.2. The second-order valence-corrected chi connectivity index (χ2v) is 5.78. The van der Waals surface area contributed by atoms with Gasteiger partial charge in [-0.15, -0.1) is 0 Å². The average molecular weight is 293 g/mol. The van der Waals surface area contributed by atoms with Gasteiger partial charge in [0.2, 0.25) is 5.96 Å². The fourth-order valence-corrected chi connectivity index (χ4v) is 2.76. The standard InChI is InChI=1S/C15H27N5O/c1-5-16-15(19-13-10-14(18-13)21-4)17-11-6-8-12(9-7-11)20(2)3/h5,10-13,18H,6-9H2,1-4H3,(H,17,19)/b16-5-. The summed E-state index contributed by atoms with van der Waals surface area (Å²) in [6, 6.07) is 1.17. The second-order valence-electron chi connectivity index (χ2n) is 5.78. The van der Waals surface area contributed by atoms with Crippen molar-refractivity contribution >= 4 is 12.2 Å². The van der Waals surface area contributed by atoms with Crippen LogP contribution in [0.3, 0.4) is 0 Å². The van der Waals surface area contributed by atoms with Gasteiger partial charge in [0.1, 0.15) is 6.17 Å². The minimum absolute atomic E-state index is 0.0377. The Morgan fingerprint density at radius 1 is 1.38 bits per heavy atom. The van der Waals surface area contributed by atoms with Crippen molar-refractivity contribution in [1.29, 1.82) is 0 Å². The van der Waals surface area contributed by atoms with Crippen LogP contribution in [0, 0.1) is 0 Å². The first-order chi connectivity index (χ1) is 10.1. The van der Waals surface area contributed by atoms with Gasteiger partial charge in [0.15, 0.2) is 5.88 Å². The monoisotopic (exact) mass is 293 g/mol. The summed E-state index contributed by atoms with van der Waals surface area (Å²) in [5.41, 5.74) is 0. The summed E-state index contributed by atoms with van der Waals surface area (Å²) < 4.78 is 5.06. The summed E-state index contributed by atoms with van der Waals surface area (Å²) in [5.74, 6) is 1.48. The highest BCUT2D eigenvalue weighted by Crippen LogP contribution is 2.21. The highest BCUT2D eigenvalue weighted by molar-refractivity contribution is 5.87. The lowest BCUT2D eigenvalue weighted by Crippen LogP contribution is -2.43. The predicted octanol–water partition coefficient (Wildman–Crippen LogP) is 1.31. The molecule has 0 aromatic rings. The Bertz CT molecular complexity index is 422. The lowest BCUT2D eigenvalue weighted by atomic mass is 9.90. The fourth-order valence-electron chi connectivity index (χ4n) is 2.76. The number of hydrogen-bond donors (Lipinski definition) is 2. The van der Waals surface area contributed by atoms with Crippen molar-refractivity contribution < 1.29 is 4.74 Å². The maximum Gasteiger partial charge on any atom is 0.220 e. The Labute approximate surface area is 127 Å². The molecule has 0 bridgehead atoms. The summed E-state index contributed by atoms with van der Waals surface area (Å²) in [7, 11) is 5.97. The first-order valence-corrected chi connectivity index (χ1v) is 7.64. The topological polar surface area (TPSA) is 61.3 Å². The number of rotatable bonds is 4. The normalized spacial score (nSPS) is 29.9. The molecule has 0 aromatic heterocycles. The molecule has 1 unspecified atom stereocenters.